The second kappa shape index (κ2) is 19.8. The van der Waals surface area contributed by atoms with E-state index in [4.69, 9.17) is 18.9 Å². The number of nitrogens with zero attached hydrogens (tertiary/aromatic N) is 2. The summed E-state index contributed by atoms with van der Waals surface area (Å²) in [4.78, 5) is 53.1. The number of hydrogen-bond donors (Lipinski definition) is 2. The van der Waals surface area contributed by atoms with Gasteiger partial charge in [0, 0.05) is 26.2 Å². The number of rotatable bonds is 20. The quantitative estimate of drug-likeness (QED) is 0.0734. The lowest BCUT2D eigenvalue weighted by molar-refractivity contribution is -0.134. The molecule has 0 fully saturated rings. The van der Waals surface area contributed by atoms with Gasteiger partial charge in [-0.15, -0.1) is 0 Å². The first-order chi connectivity index (χ1) is 21.5. The highest BCUT2D eigenvalue weighted by atomic mass is 16.6. The van der Waals surface area contributed by atoms with Gasteiger partial charge in [0.1, 0.15) is 0 Å². The molecule has 12 heteroatoms. The molecule has 244 valence electrons. The van der Waals surface area contributed by atoms with E-state index in [-0.39, 0.29) is 42.6 Å². The first kappa shape index (κ1) is 36.8. The van der Waals surface area contributed by atoms with Crippen LogP contribution >= 0.6 is 0 Å². The minimum atomic E-state index is -0.450. The monoisotopic (exact) mass is 624 g/mol. The third kappa shape index (κ3) is 14.8. The van der Waals surface area contributed by atoms with Crippen LogP contribution in [0.2, 0.25) is 0 Å². The van der Waals surface area contributed by atoms with Crippen molar-refractivity contribution in [3.8, 4) is 23.0 Å². The van der Waals surface area contributed by atoms with Gasteiger partial charge in [-0.3, -0.25) is 19.2 Å². The number of ether oxygens (including phenoxy) is 4. The first-order valence-electron chi connectivity index (χ1n) is 14.4. The molecule has 2 rings (SSSR count). The van der Waals surface area contributed by atoms with Crippen molar-refractivity contribution in [2.45, 2.75) is 6.42 Å². The zero-order valence-corrected chi connectivity index (χ0v) is 26.9. The molecule has 12 nitrogen and oxygen atoms in total. The average Bonchev–Trinajstić information content (AvgIpc) is 3.00. The summed E-state index contributed by atoms with van der Waals surface area (Å²) in [5.41, 5.74) is 1.26. The maximum Gasteiger partial charge on any atom is 0.325 e. The Hall–Kier alpha value is -4.36. The highest BCUT2D eigenvalue weighted by Crippen LogP contribution is 2.29. The van der Waals surface area contributed by atoms with E-state index in [0.717, 1.165) is 13.1 Å². The topological polar surface area (TPSA) is 136 Å². The van der Waals surface area contributed by atoms with Crippen LogP contribution < -0.4 is 29.6 Å². The molecule has 0 radical (unpaired) electrons. The minimum absolute atomic E-state index is 0.0551. The van der Waals surface area contributed by atoms with E-state index in [0.29, 0.717) is 35.7 Å². The Labute approximate surface area is 264 Å². The molecule has 0 bridgehead atoms. The Morgan fingerprint density at radius 3 is 1.40 bits per heavy atom. The fourth-order valence-corrected chi connectivity index (χ4v) is 3.72. The molecule has 0 aromatic heterocycles. The van der Waals surface area contributed by atoms with Crippen LogP contribution in [0.5, 0.6) is 23.0 Å². The third-order valence-corrected chi connectivity index (χ3v) is 6.11. The Kier molecular flexibility index (Phi) is 16.2. The lowest BCUT2D eigenvalue weighted by atomic mass is 10.1. The molecule has 0 atom stereocenters. The summed E-state index contributed by atoms with van der Waals surface area (Å²) < 4.78 is 21.4. The zero-order valence-electron chi connectivity index (χ0n) is 26.9. The minimum Gasteiger partial charge on any atom is -0.493 e. The van der Waals surface area contributed by atoms with E-state index in [1.54, 1.807) is 48.6 Å². The van der Waals surface area contributed by atoms with E-state index in [1.165, 1.54) is 26.4 Å². The Morgan fingerprint density at radius 2 is 1.04 bits per heavy atom. The lowest BCUT2D eigenvalue weighted by Crippen LogP contribution is -2.32. The molecule has 45 heavy (non-hydrogen) atoms. The number of hydrogen-bond acceptors (Lipinski definition) is 12. The number of benzene rings is 2. The van der Waals surface area contributed by atoms with Crippen LogP contribution in [0.15, 0.2) is 48.6 Å². The molecule has 0 aliphatic heterocycles. The van der Waals surface area contributed by atoms with Crippen molar-refractivity contribution in [2.24, 2.45) is 0 Å². The Balaban J connectivity index is 1.89. The van der Waals surface area contributed by atoms with Gasteiger partial charge in [-0.05, 0) is 75.7 Å². The molecule has 0 saturated heterocycles. The molecule has 0 heterocycles. The predicted octanol–water partition coefficient (Wildman–Crippen LogP) is 2.07. The summed E-state index contributed by atoms with van der Waals surface area (Å²) in [5, 5.41) is 6.02. The van der Waals surface area contributed by atoms with Gasteiger partial charge in [0.25, 0.3) is 0 Å². The molecule has 2 aromatic carbocycles. The van der Waals surface area contributed by atoms with Crippen molar-refractivity contribution in [2.75, 3.05) is 81.7 Å². The summed E-state index contributed by atoms with van der Waals surface area (Å²) in [6.07, 6.45) is 5.40. The highest BCUT2D eigenvalue weighted by Gasteiger charge is 2.12. The molecule has 2 N–H and O–H groups in total. The van der Waals surface area contributed by atoms with Crippen LogP contribution in [0.25, 0.3) is 12.2 Å². The van der Waals surface area contributed by atoms with Crippen LogP contribution in [0, 0.1) is 0 Å². The summed E-state index contributed by atoms with van der Waals surface area (Å²) in [6.45, 7) is 2.98. The number of allylic oxidation sites excluding steroid dienone is 2. The number of ketones is 2. The maximum absolute atomic E-state index is 12.4. The number of methoxy groups -OCH3 is 2. The molecule has 0 saturated carbocycles. The maximum atomic E-state index is 12.4. The zero-order chi connectivity index (χ0) is 33.2. The summed E-state index contributed by atoms with van der Waals surface area (Å²) in [5.74, 6) is -0.490. The Morgan fingerprint density at radius 1 is 0.644 bits per heavy atom. The molecular formula is C33H44N4O8. The molecule has 0 unspecified atom stereocenters. The van der Waals surface area contributed by atoms with Crippen LogP contribution in [0.3, 0.4) is 0 Å². The number of esters is 2. The fraction of sp³-hybridized carbons (Fsp3) is 0.394. The van der Waals surface area contributed by atoms with Crippen molar-refractivity contribution in [1.82, 2.24) is 20.4 Å². The van der Waals surface area contributed by atoms with E-state index in [1.807, 2.05) is 38.0 Å². The largest absolute Gasteiger partial charge is 0.493 e. The van der Waals surface area contributed by atoms with Gasteiger partial charge >= 0.3 is 11.9 Å². The third-order valence-electron chi connectivity index (χ3n) is 6.11. The number of carbonyl (C=O) groups excluding carboxylic acids is 4. The van der Waals surface area contributed by atoms with Crippen LogP contribution in [-0.2, 0) is 19.2 Å². The van der Waals surface area contributed by atoms with Crippen LogP contribution in [0.1, 0.15) is 17.5 Å². The number of likely N-dealkylation sites (N-methyl/N-ethyl adjacent to an activating group) is 2. The summed E-state index contributed by atoms with van der Waals surface area (Å²) >= 11 is 0. The fourth-order valence-electron chi connectivity index (χ4n) is 3.72. The van der Waals surface area contributed by atoms with Crippen molar-refractivity contribution in [3.63, 3.8) is 0 Å². The summed E-state index contributed by atoms with van der Waals surface area (Å²) in [6, 6.07) is 9.77. The number of nitrogens with one attached hydrogen (secondary N) is 2. The van der Waals surface area contributed by atoms with Crippen molar-refractivity contribution in [3.05, 3.63) is 59.7 Å². The van der Waals surface area contributed by atoms with Gasteiger partial charge in [0.15, 0.2) is 34.6 Å². The SMILES string of the molecule is COc1cc(/C=C/C(=O)CC(=O)/C=C/c2ccc(OC(=O)CNCCN(C)C)c(OC)c2)ccc1OC(=O)CNCCN(C)C. The van der Waals surface area contributed by atoms with Gasteiger partial charge in [-0.2, -0.15) is 0 Å². The highest BCUT2D eigenvalue weighted by molar-refractivity contribution is 6.10. The van der Waals surface area contributed by atoms with Crippen LogP contribution in [0.4, 0.5) is 0 Å². The van der Waals surface area contributed by atoms with Gasteiger partial charge in [0.2, 0.25) is 0 Å². The van der Waals surface area contributed by atoms with Crippen molar-refractivity contribution in [1.29, 1.82) is 0 Å². The van der Waals surface area contributed by atoms with Gasteiger partial charge in [-0.1, -0.05) is 24.3 Å². The molecule has 2 aromatic rings. The second-order valence-corrected chi connectivity index (χ2v) is 10.5. The molecule has 0 aliphatic rings. The number of carbonyl (C=O) groups is 4. The second-order valence-electron chi connectivity index (χ2n) is 10.5. The molecule has 0 spiro atoms. The van der Waals surface area contributed by atoms with Crippen molar-refractivity contribution >= 4 is 35.7 Å². The van der Waals surface area contributed by atoms with Crippen molar-refractivity contribution < 1.29 is 38.1 Å². The van der Waals surface area contributed by atoms with Gasteiger partial charge in [-0.25, -0.2) is 0 Å². The molecule has 0 amide bonds. The van der Waals surface area contributed by atoms with Gasteiger partial charge in [0.05, 0.1) is 33.7 Å². The summed E-state index contributed by atoms with van der Waals surface area (Å²) in [7, 11) is 10.7. The van der Waals surface area contributed by atoms with E-state index in [9.17, 15) is 19.2 Å². The standard InChI is InChI=1S/C33H44N4O8/c1-36(2)17-15-34-22-32(40)44-28-13-9-24(19-30(28)42-5)7-11-26(38)21-27(39)12-8-25-10-14-29(31(20-25)43-6)45-33(41)23-35-16-18-37(3)4/h7-14,19-20,34-35H,15-18,21-23H2,1-6H3/b11-7+,12-8+. The van der Waals surface area contributed by atoms with E-state index < -0.39 is 11.9 Å². The Bertz CT molecular complexity index is 1250. The normalized spacial score (nSPS) is 11.4. The smallest absolute Gasteiger partial charge is 0.325 e. The lowest BCUT2D eigenvalue weighted by Gasteiger charge is -2.12. The van der Waals surface area contributed by atoms with E-state index in [2.05, 4.69) is 10.6 Å². The van der Waals surface area contributed by atoms with Crippen LogP contribution in [-0.4, -0.2) is 115 Å². The molecule has 0 aliphatic carbocycles. The molecular weight excluding hydrogens is 580 g/mol. The average molecular weight is 625 g/mol. The van der Waals surface area contributed by atoms with E-state index >= 15 is 0 Å². The first-order valence-corrected chi connectivity index (χ1v) is 14.4. The predicted molar refractivity (Wildman–Crippen MR) is 173 cm³/mol. The van der Waals surface area contributed by atoms with Gasteiger partial charge < -0.3 is 39.4 Å².